The number of benzene rings is 3. The van der Waals surface area contributed by atoms with Gasteiger partial charge in [0.05, 0.1) is 5.02 Å². The molecule has 0 saturated carbocycles. The number of carbonyl (C=O) groups is 2. The van der Waals surface area contributed by atoms with E-state index in [1.54, 1.807) is 13.8 Å². The Morgan fingerprint density at radius 2 is 1.54 bits per heavy atom. The molecule has 4 rings (SSSR count). The minimum atomic E-state index is -3.91. The molecule has 11 heteroatoms. The Kier molecular flexibility index (Phi) is 9.17. The molecule has 0 spiro atoms. The standard InChI is InChI=1S/C28H27Cl2NO7S/c1-3-31(4-2)39(34,35)22-16-20-15-21(37-27(20)25(30)24(22)29)28(33)36-17-23(32)38-26(18-11-7-5-8-12-18)19-13-9-6-10-14-19/h5-14,16,21,26H,3-4,15,17H2,1-2H3. The van der Waals surface area contributed by atoms with Crippen LogP contribution in [-0.2, 0) is 35.5 Å². The Morgan fingerprint density at radius 1 is 0.974 bits per heavy atom. The number of nitrogens with zero attached hydrogens (tertiary/aromatic N) is 1. The van der Waals surface area contributed by atoms with Crippen molar-refractivity contribution in [1.29, 1.82) is 0 Å². The highest BCUT2D eigenvalue weighted by Gasteiger charge is 2.37. The van der Waals surface area contributed by atoms with Crippen molar-refractivity contribution in [2.24, 2.45) is 0 Å². The lowest BCUT2D eigenvalue weighted by atomic mass is 10.0. The van der Waals surface area contributed by atoms with Gasteiger partial charge in [0.15, 0.2) is 18.8 Å². The number of carbonyl (C=O) groups excluding carboxylic acids is 2. The van der Waals surface area contributed by atoms with Gasteiger partial charge in [-0.15, -0.1) is 0 Å². The van der Waals surface area contributed by atoms with E-state index >= 15 is 0 Å². The van der Waals surface area contributed by atoms with Gasteiger partial charge in [-0.3, -0.25) is 0 Å². The molecule has 1 aliphatic rings. The minimum absolute atomic E-state index is 0.00245. The molecule has 1 heterocycles. The highest BCUT2D eigenvalue weighted by molar-refractivity contribution is 7.89. The Balaban J connectivity index is 1.44. The molecule has 0 amide bonds. The number of hydrogen-bond acceptors (Lipinski definition) is 7. The molecule has 3 aromatic rings. The average molecular weight is 592 g/mol. The predicted molar refractivity (Wildman–Crippen MR) is 146 cm³/mol. The molecule has 0 aliphatic carbocycles. The molecule has 8 nitrogen and oxygen atoms in total. The Morgan fingerprint density at radius 3 is 2.08 bits per heavy atom. The van der Waals surface area contributed by atoms with Crippen LogP contribution in [0.4, 0.5) is 0 Å². The fraction of sp³-hybridized carbons (Fsp3) is 0.286. The van der Waals surface area contributed by atoms with E-state index in [2.05, 4.69) is 0 Å². The molecular formula is C28H27Cl2NO7S. The van der Waals surface area contributed by atoms with Crippen molar-refractivity contribution in [2.45, 2.75) is 37.4 Å². The molecule has 0 saturated heterocycles. The Labute approximate surface area is 237 Å². The maximum absolute atomic E-state index is 13.1. The monoisotopic (exact) mass is 591 g/mol. The molecule has 0 aromatic heterocycles. The predicted octanol–water partition coefficient (Wildman–Crippen LogP) is 5.20. The summed E-state index contributed by atoms with van der Waals surface area (Å²) in [6.45, 7) is 3.29. The van der Waals surface area contributed by atoms with Crippen molar-refractivity contribution in [3.63, 3.8) is 0 Å². The van der Waals surface area contributed by atoms with Crippen LogP contribution in [-0.4, -0.2) is 50.5 Å². The van der Waals surface area contributed by atoms with Crippen LogP contribution in [0.25, 0.3) is 0 Å². The van der Waals surface area contributed by atoms with E-state index in [-0.39, 0.29) is 40.2 Å². The van der Waals surface area contributed by atoms with E-state index in [1.165, 1.54) is 10.4 Å². The maximum atomic E-state index is 13.1. The van der Waals surface area contributed by atoms with Gasteiger partial charge in [-0.1, -0.05) is 97.7 Å². The van der Waals surface area contributed by atoms with Gasteiger partial charge in [0.25, 0.3) is 0 Å². The minimum Gasteiger partial charge on any atom is -0.476 e. The highest BCUT2D eigenvalue weighted by Crippen LogP contribution is 2.44. The van der Waals surface area contributed by atoms with Crippen LogP contribution in [0, 0.1) is 0 Å². The first-order chi connectivity index (χ1) is 18.7. The van der Waals surface area contributed by atoms with Gasteiger partial charge in [-0.05, 0) is 17.2 Å². The Bertz CT molecular complexity index is 1410. The third-order valence-corrected chi connectivity index (χ3v) is 9.28. The summed E-state index contributed by atoms with van der Waals surface area (Å²) in [7, 11) is -3.91. The molecule has 39 heavy (non-hydrogen) atoms. The third kappa shape index (κ3) is 6.22. The van der Waals surface area contributed by atoms with Crippen molar-refractivity contribution in [3.05, 3.63) is 93.5 Å². The molecule has 0 bridgehead atoms. The first kappa shape index (κ1) is 28.9. The molecule has 1 atom stereocenters. The second-order valence-corrected chi connectivity index (χ2v) is 11.4. The van der Waals surface area contributed by atoms with E-state index in [0.29, 0.717) is 5.56 Å². The van der Waals surface area contributed by atoms with Gasteiger partial charge in [0.2, 0.25) is 10.0 Å². The molecule has 206 valence electrons. The number of hydrogen-bond donors (Lipinski definition) is 0. The molecule has 1 aliphatic heterocycles. The quantitative estimate of drug-likeness (QED) is 0.299. The van der Waals surface area contributed by atoms with Crippen molar-refractivity contribution < 1.29 is 32.2 Å². The molecule has 1 unspecified atom stereocenters. The van der Waals surface area contributed by atoms with Gasteiger partial charge in [0, 0.05) is 25.1 Å². The highest BCUT2D eigenvalue weighted by atomic mass is 35.5. The van der Waals surface area contributed by atoms with Crippen molar-refractivity contribution in [3.8, 4) is 5.75 Å². The molecule has 3 aromatic carbocycles. The van der Waals surface area contributed by atoms with Gasteiger partial charge < -0.3 is 14.2 Å². The summed E-state index contributed by atoms with van der Waals surface area (Å²) >= 11 is 12.6. The van der Waals surface area contributed by atoms with E-state index in [0.717, 1.165) is 11.1 Å². The maximum Gasteiger partial charge on any atom is 0.348 e. The van der Waals surface area contributed by atoms with Crippen molar-refractivity contribution in [2.75, 3.05) is 19.7 Å². The Hall–Kier alpha value is -3.11. The SMILES string of the molecule is CCN(CC)S(=O)(=O)c1cc2c(c(Cl)c1Cl)OC(C(=O)OCC(=O)OC(c1ccccc1)c1ccccc1)C2. The van der Waals surface area contributed by atoms with Crippen LogP contribution in [0.5, 0.6) is 5.75 Å². The van der Waals surface area contributed by atoms with E-state index in [9.17, 15) is 18.0 Å². The van der Waals surface area contributed by atoms with Gasteiger partial charge in [-0.25, -0.2) is 18.0 Å². The fourth-order valence-corrected chi connectivity index (χ4v) is 6.63. The van der Waals surface area contributed by atoms with Crippen molar-refractivity contribution in [1.82, 2.24) is 4.31 Å². The smallest absolute Gasteiger partial charge is 0.348 e. The van der Waals surface area contributed by atoms with Crippen LogP contribution >= 0.6 is 23.2 Å². The van der Waals surface area contributed by atoms with Crippen LogP contribution in [0.15, 0.2) is 71.6 Å². The number of ether oxygens (including phenoxy) is 3. The normalized spacial score (nSPS) is 14.7. The lowest BCUT2D eigenvalue weighted by molar-refractivity contribution is -0.164. The molecule has 0 N–H and O–H groups in total. The summed E-state index contributed by atoms with van der Waals surface area (Å²) in [4.78, 5) is 25.3. The third-order valence-electron chi connectivity index (χ3n) is 6.24. The van der Waals surface area contributed by atoms with Crippen LogP contribution in [0.2, 0.25) is 10.0 Å². The lowest BCUT2D eigenvalue weighted by Crippen LogP contribution is -2.31. The number of halogens is 2. The number of fused-ring (bicyclic) bond motifs is 1. The first-order valence-corrected chi connectivity index (χ1v) is 14.5. The van der Waals surface area contributed by atoms with Gasteiger partial charge in [-0.2, -0.15) is 4.31 Å². The zero-order valence-corrected chi connectivity index (χ0v) is 23.6. The molecule has 0 fully saturated rings. The summed E-state index contributed by atoms with van der Waals surface area (Å²) < 4.78 is 43.9. The number of sulfonamides is 1. The number of esters is 2. The lowest BCUT2D eigenvalue weighted by Gasteiger charge is -2.20. The second kappa shape index (κ2) is 12.4. The summed E-state index contributed by atoms with van der Waals surface area (Å²) in [6, 6.07) is 19.8. The average Bonchev–Trinajstić information content (AvgIpc) is 3.38. The molecular weight excluding hydrogens is 565 g/mol. The molecule has 0 radical (unpaired) electrons. The summed E-state index contributed by atoms with van der Waals surface area (Å²) in [5.74, 6) is -1.46. The van der Waals surface area contributed by atoms with Crippen LogP contribution < -0.4 is 4.74 Å². The van der Waals surface area contributed by atoms with Crippen LogP contribution in [0.3, 0.4) is 0 Å². The number of rotatable bonds is 10. The van der Waals surface area contributed by atoms with E-state index in [1.807, 2.05) is 60.7 Å². The van der Waals surface area contributed by atoms with Crippen molar-refractivity contribution >= 4 is 45.2 Å². The second-order valence-electron chi connectivity index (χ2n) is 8.69. The van der Waals surface area contributed by atoms with Gasteiger partial charge in [0.1, 0.15) is 15.7 Å². The summed E-state index contributed by atoms with van der Waals surface area (Å²) in [5, 5.41) is -0.295. The first-order valence-electron chi connectivity index (χ1n) is 12.3. The fourth-order valence-electron chi connectivity index (χ4n) is 4.29. The zero-order chi connectivity index (χ0) is 28.2. The summed E-state index contributed by atoms with van der Waals surface area (Å²) in [6.07, 6.45) is -1.82. The van der Waals surface area contributed by atoms with E-state index in [4.69, 9.17) is 37.4 Å². The largest absolute Gasteiger partial charge is 0.476 e. The van der Waals surface area contributed by atoms with Crippen LogP contribution in [0.1, 0.15) is 36.6 Å². The van der Waals surface area contributed by atoms with Gasteiger partial charge >= 0.3 is 11.9 Å². The topological polar surface area (TPSA) is 99.2 Å². The zero-order valence-electron chi connectivity index (χ0n) is 21.3. The summed E-state index contributed by atoms with van der Waals surface area (Å²) in [5.41, 5.74) is 1.92. The van der Waals surface area contributed by atoms with E-state index < -0.39 is 40.8 Å².